The zero-order valence-electron chi connectivity index (χ0n) is 12.1. The number of nitriles is 1. The van der Waals surface area contributed by atoms with Gasteiger partial charge >= 0.3 is 0 Å². The number of nitrogens with two attached hydrogens (primary N) is 1. The van der Waals surface area contributed by atoms with E-state index in [1.54, 1.807) is 0 Å². The molecule has 2 aromatic rings. The molecular weight excluding hydrogens is 262 g/mol. The molecule has 108 valence electrons. The molecule has 3 N–H and O–H groups in total. The van der Waals surface area contributed by atoms with Gasteiger partial charge in [0, 0.05) is 17.4 Å². The second-order valence-corrected chi connectivity index (χ2v) is 4.76. The summed E-state index contributed by atoms with van der Waals surface area (Å²) in [5.74, 6) is 0.697. The molecule has 0 aliphatic carbocycles. The smallest absolute Gasteiger partial charge is 0.144 e. The van der Waals surface area contributed by atoms with Gasteiger partial charge < -0.3 is 15.8 Å². The van der Waals surface area contributed by atoms with E-state index in [9.17, 15) is 0 Å². The third kappa shape index (κ3) is 4.15. The van der Waals surface area contributed by atoms with Gasteiger partial charge in [0.05, 0.1) is 24.8 Å². The van der Waals surface area contributed by atoms with Gasteiger partial charge in [-0.1, -0.05) is 19.1 Å². The normalized spacial score (nSPS) is 9.90. The summed E-state index contributed by atoms with van der Waals surface area (Å²) in [6.07, 6.45) is 1.37. The minimum Gasteiger partial charge on any atom is -0.491 e. The van der Waals surface area contributed by atoms with E-state index in [0.717, 1.165) is 23.4 Å². The molecule has 21 heavy (non-hydrogen) atoms. The molecule has 0 radical (unpaired) electrons. The minimum atomic E-state index is 0.428. The maximum atomic E-state index is 8.66. The minimum absolute atomic E-state index is 0.428. The van der Waals surface area contributed by atoms with Crippen molar-refractivity contribution >= 4 is 17.1 Å². The van der Waals surface area contributed by atoms with Gasteiger partial charge in [0.15, 0.2) is 0 Å². The largest absolute Gasteiger partial charge is 0.491 e. The number of ether oxygens (including phenoxy) is 1. The summed E-state index contributed by atoms with van der Waals surface area (Å²) < 4.78 is 5.61. The molecule has 2 rings (SSSR count). The van der Waals surface area contributed by atoms with E-state index in [-0.39, 0.29) is 0 Å². The third-order valence-electron chi connectivity index (χ3n) is 3.00. The predicted molar refractivity (Wildman–Crippen MR) is 85.7 cm³/mol. The molecule has 0 atom stereocenters. The van der Waals surface area contributed by atoms with Crippen LogP contribution in [0.4, 0.5) is 17.1 Å². The number of nitrogens with one attached hydrogen (secondary N) is 1. The summed E-state index contributed by atoms with van der Waals surface area (Å²) in [5.41, 5.74) is 9.42. The average molecular weight is 281 g/mol. The highest BCUT2D eigenvalue weighted by Gasteiger charge is 2.03. The molecule has 0 saturated carbocycles. The topological polar surface area (TPSA) is 71.1 Å². The number of nitrogens with zero attached hydrogens (tertiary/aromatic N) is 1. The lowest BCUT2D eigenvalue weighted by Gasteiger charge is -2.12. The number of anilines is 3. The van der Waals surface area contributed by atoms with E-state index >= 15 is 0 Å². The first-order valence-corrected chi connectivity index (χ1v) is 6.98. The van der Waals surface area contributed by atoms with Crippen molar-refractivity contribution in [3.63, 3.8) is 0 Å². The number of hydrogen-bond donors (Lipinski definition) is 2. The van der Waals surface area contributed by atoms with Crippen LogP contribution >= 0.6 is 0 Å². The lowest BCUT2D eigenvalue weighted by atomic mass is 10.1. The van der Waals surface area contributed by atoms with Crippen LogP contribution in [0.25, 0.3) is 0 Å². The van der Waals surface area contributed by atoms with E-state index in [4.69, 9.17) is 15.7 Å². The summed E-state index contributed by atoms with van der Waals surface area (Å²) >= 11 is 0. The van der Waals surface area contributed by atoms with Crippen LogP contribution in [0.2, 0.25) is 0 Å². The maximum absolute atomic E-state index is 8.66. The van der Waals surface area contributed by atoms with E-state index < -0.39 is 0 Å². The van der Waals surface area contributed by atoms with E-state index in [1.165, 1.54) is 0 Å². The van der Waals surface area contributed by atoms with Crippen LogP contribution in [0.3, 0.4) is 0 Å². The monoisotopic (exact) mass is 281 g/mol. The first kappa shape index (κ1) is 14.7. The second-order valence-electron chi connectivity index (χ2n) is 4.76. The van der Waals surface area contributed by atoms with Crippen molar-refractivity contribution in [1.82, 2.24) is 0 Å². The summed E-state index contributed by atoms with van der Waals surface area (Å²) in [5, 5.41) is 12.0. The summed E-state index contributed by atoms with van der Waals surface area (Å²) in [6.45, 7) is 2.71. The fourth-order valence-corrected chi connectivity index (χ4v) is 1.91. The Bertz CT molecular complexity index is 629. The Balaban J connectivity index is 2.10. The standard InChI is InChI=1S/C17H19N3O/c1-2-11-21-17-12-15(7-8-16(17)19)20-14-5-3-13(4-6-14)9-10-18/h3-8,12,20H,2,9,11,19H2,1H3. The summed E-state index contributed by atoms with van der Waals surface area (Å²) in [7, 11) is 0. The summed E-state index contributed by atoms with van der Waals surface area (Å²) in [6, 6.07) is 15.6. The van der Waals surface area contributed by atoms with Gasteiger partial charge in [-0.2, -0.15) is 5.26 Å². The molecule has 0 heterocycles. The van der Waals surface area contributed by atoms with Gasteiger partial charge in [0.1, 0.15) is 5.75 Å². The van der Waals surface area contributed by atoms with Gasteiger partial charge in [0.2, 0.25) is 0 Å². The predicted octanol–water partition coefficient (Wildman–Crippen LogP) is 3.87. The van der Waals surface area contributed by atoms with Crippen LogP contribution in [-0.2, 0) is 6.42 Å². The molecule has 0 unspecified atom stereocenters. The van der Waals surface area contributed by atoms with Crippen LogP contribution < -0.4 is 15.8 Å². The highest BCUT2D eigenvalue weighted by Crippen LogP contribution is 2.27. The fourth-order valence-electron chi connectivity index (χ4n) is 1.91. The first-order chi connectivity index (χ1) is 10.2. The Hall–Kier alpha value is -2.67. The van der Waals surface area contributed by atoms with Gasteiger partial charge in [-0.15, -0.1) is 0 Å². The van der Waals surface area contributed by atoms with Gasteiger partial charge in [-0.05, 0) is 36.2 Å². The second kappa shape index (κ2) is 7.20. The third-order valence-corrected chi connectivity index (χ3v) is 3.00. The molecule has 4 heteroatoms. The van der Waals surface area contributed by atoms with Crippen molar-refractivity contribution in [1.29, 1.82) is 5.26 Å². The van der Waals surface area contributed by atoms with Crippen molar-refractivity contribution < 1.29 is 4.74 Å². The molecule has 0 amide bonds. The van der Waals surface area contributed by atoms with Crippen LogP contribution in [0.15, 0.2) is 42.5 Å². The Morgan fingerprint density at radius 2 is 1.86 bits per heavy atom. The van der Waals surface area contributed by atoms with E-state index in [2.05, 4.69) is 18.3 Å². The fraction of sp³-hybridized carbons (Fsp3) is 0.235. The molecule has 0 saturated heterocycles. The molecule has 4 nitrogen and oxygen atoms in total. The van der Waals surface area contributed by atoms with Crippen molar-refractivity contribution in [2.45, 2.75) is 19.8 Å². The number of rotatable bonds is 6. The van der Waals surface area contributed by atoms with Crippen LogP contribution in [0.5, 0.6) is 5.75 Å². The van der Waals surface area contributed by atoms with Gasteiger partial charge in [0.25, 0.3) is 0 Å². The van der Waals surface area contributed by atoms with E-state index in [0.29, 0.717) is 24.5 Å². The molecule has 0 aliphatic rings. The summed E-state index contributed by atoms with van der Waals surface area (Å²) in [4.78, 5) is 0. The maximum Gasteiger partial charge on any atom is 0.144 e. The lowest BCUT2D eigenvalue weighted by molar-refractivity contribution is 0.319. The highest BCUT2D eigenvalue weighted by atomic mass is 16.5. The van der Waals surface area contributed by atoms with Crippen molar-refractivity contribution in [2.75, 3.05) is 17.7 Å². The Morgan fingerprint density at radius 3 is 2.52 bits per heavy atom. The molecule has 0 bridgehead atoms. The SMILES string of the molecule is CCCOc1cc(Nc2ccc(CC#N)cc2)ccc1N. The van der Waals surface area contributed by atoms with Gasteiger partial charge in [-0.25, -0.2) is 0 Å². The Kier molecular flexibility index (Phi) is 5.05. The lowest BCUT2D eigenvalue weighted by Crippen LogP contribution is -2.00. The van der Waals surface area contributed by atoms with Gasteiger partial charge in [-0.3, -0.25) is 0 Å². The Morgan fingerprint density at radius 1 is 1.14 bits per heavy atom. The molecule has 0 spiro atoms. The van der Waals surface area contributed by atoms with Crippen LogP contribution in [0, 0.1) is 11.3 Å². The zero-order chi connectivity index (χ0) is 15.1. The van der Waals surface area contributed by atoms with Crippen molar-refractivity contribution in [3.05, 3.63) is 48.0 Å². The van der Waals surface area contributed by atoms with Crippen molar-refractivity contribution in [2.24, 2.45) is 0 Å². The highest BCUT2D eigenvalue weighted by molar-refractivity contribution is 5.66. The van der Waals surface area contributed by atoms with Crippen molar-refractivity contribution in [3.8, 4) is 11.8 Å². The first-order valence-electron chi connectivity index (χ1n) is 6.98. The molecule has 0 aliphatic heterocycles. The molecule has 0 fully saturated rings. The number of nitrogen functional groups attached to an aromatic ring is 1. The molecule has 2 aromatic carbocycles. The zero-order valence-corrected chi connectivity index (χ0v) is 12.1. The quantitative estimate of drug-likeness (QED) is 0.788. The molecular formula is C17H19N3O. The molecule has 0 aromatic heterocycles. The van der Waals surface area contributed by atoms with Crippen LogP contribution in [-0.4, -0.2) is 6.61 Å². The van der Waals surface area contributed by atoms with E-state index in [1.807, 2.05) is 42.5 Å². The average Bonchev–Trinajstić information content (AvgIpc) is 2.50. The number of benzene rings is 2. The van der Waals surface area contributed by atoms with Crippen LogP contribution in [0.1, 0.15) is 18.9 Å². The Labute approximate surface area is 125 Å². The number of hydrogen-bond acceptors (Lipinski definition) is 4.